The second-order valence-electron chi connectivity index (χ2n) is 4.69. The van der Waals surface area contributed by atoms with Gasteiger partial charge in [-0.15, -0.1) is 0 Å². The summed E-state index contributed by atoms with van der Waals surface area (Å²) in [6.45, 7) is 11.1. The van der Waals surface area contributed by atoms with E-state index < -0.39 is 0 Å². The maximum Gasteiger partial charge on any atom is 0.305 e. The lowest BCUT2D eigenvalue weighted by atomic mass is 10.2. The van der Waals surface area contributed by atoms with E-state index in [9.17, 15) is 4.79 Å². The molecule has 0 aromatic carbocycles. The number of rotatable bonds is 7. The van der Waals surface area contributed by atoms with Crippen molar-refractivity contribution in [3.8, 4) is 0 Å². The highest BCUT2D eigenvalue weighted by Crippen LogP contribution is 2.05. The predicted molar refractivity (Wildman–Crippen MR) is 62.4 cm³/mol. The van der Waals surface area contributed by atoms with Crippen LogP contribution in [0.5, 0.6) is 0 Å². The van der Waals surface area contributed by atoms with Crippen LogP contribution in [0.15, 0.2) is 0 Å². The van der Waals surface area contributed by atoms with Gasteiger partial charge in [0, 0.05) is 6.42 Å². The van der Waals surface area contributed by atoms with Gasteiger partial charge in [0.15, 0.2) is 0 Å². The van der Waals surface area contributed by atoms with Crippen LogP contribution in [0.25, 0.3) is 0 Å². The predicted octanol–water partition coefficient (Wildman–Crippen LogP) is 2.16. The second kappa shape index (κ2) is 7.63. The van der Waals surface area contributed by atoms with Gasteiger partial charge in [0.05, 0.1) is 25.4 Å². The molecule has 1 unspecified atom stereocenters. The summed E-state index contributed by atoms with van der Waals surface area (Å²) in [7, 11) is 0. The lowest BCUT2D eigenvalue weighted by molar-refractivity contribution is -0.151. The summed E-state index contributed by atoms with van der Waals surface area (Å²) in [6, 6.07) is 0. The van der Waals surface area contributed by atoms with E-state index >= 15 is 0 Å². The van der Waals surface area contributed by atoms with Gasteiger partial charge in [-0.05, 0) is 27.7 Å². The summed E-state index contributed by atoms with van der Waals surface area (Å²) in [5, 5.41) is 0. The Hall–Kier alpha value is -0.610. The van der Waals surface area contributed by atoms with Gasteiger partial charge in [0.25, 0.3) is 0 Å². The molecule has 96 valence electrons. The molecule has 16 heavy (non-hydrogen) atoms. The lowest BCUT2D eigenvalue weighted by Crippen LogP contribution is -2.24. The van der Waals surface area contributed by atoms with Gasteiger partial charge in [0.2, 0.25) is 0 Å². The average Bonchev–Trinajstić information content (AvgIpc) is 2.15. The monoisotopic (exact) mass is 232 g/mol. The highest BCUT2D eigenvalue weighted by atomic mass is 16.6. The maximum atomic E-state index is 10.9. The standard InChI is InChI=1S/C12H24O4/c1-6-11(13)16-10(2)9-14-7-8-15-12(3,4)5/h10H,6-9H2,1-5H3. The Labute approximate surface area is 98.3 Å². The molecule has 0 aliphatic heterocycles. The molecule has 0 spiro atoms. The van der Waals surface area contributed by atoms with E-state index in [0.717, 1.165) is 0 Å². The first-order valence-corrected chi connectivity index (χ1v) is 5.76. The number of carbonyl (C=O) groups excluding carboxylic acids is 1. The third kappa shape index (κ3) is 9.93. The van der Waals surface area contributed by atoms with E-state index in [1.165, 1.54) is 0 Å². The SMILES string of the molecule is CCC(=O)OC(C)COCCOC(C)(C)C. The summed E-state index contributed by atoms with van der Waals surface area (Å²) in [5.41, 5.74) is -0.135. The van der Waals surface area contributed by atoms with Gasteiger partial charge in [-0.1, -0.05) is 6.92 Å². The molecule has 0 aromatic heterocycles. The molecule has 0 amide bonds. The van der Waals surface area contributed by atoms with Crippen LogP contribution in [0.3, 0.4) is 0 Å². The van der Waals surface area contributed by atoms with Crippen LogP contribution < -0.4 is 0 Å². The van der Waals surface area contributed by atoms with Crippen molar-refractivity contribution in [2.24, 2.45) is 0 Å². The molecule has 0 N–H and O–H groups in total. The molecule has 0 saturated carbocycles. The minimum Gasteiger partial charge on any atom is -0.460 e. The molecule has 0 aromatic rings. The van der Waals surface area contributed by atoms with Crippen LogP contribution in [0.1, 0.15) is 41.0 Å². The molecule has 0 radical (unpaired) electrons. The average molecular weight is 232 g/mol. The molecule has 0 heterocycles. The summed E-state index contributed by atoms with van der Waals surface area (Å²) >= 11 is 0. The van der Waals surface area contributed by atoms with E-state index in [4.69, 9.17) is 14.2 Å². The molecule has 1 atom stereocenters. The zero-order valence-corrected chi connectivity index (χ0v) is 11.0. The van der Waals surface area contributed by atoms with E-state index in [0.29, 0.717) is 26.2 Å². The zero-order valence-electron chi connectivity index (χ0n) is 11.0. The smallest absolute Gasteiger partial charge is 0.305 e. The Morgan fingerprint density at radius 1 is 1.25 bits per heavy atom. The molecule has 0 aliphatic rings. The third-order valence-corrected chi connectivity index (χ3v) is 1.74. The Balaban J connectivity index is 3.41. The number of hydrogen-bond donors (Lipinski definition) is 0. The lowest BCUT2D eigenvalue weighted by Gasteiger charge is -2.19. The zero-order chi connectivity index (χ0) is 12.6. The Bertz CT molecular complexity index is 196. The van der Waals surface area contributed by atoms with Crippen LogP contribution in [-0.2, 0) is 19.0 Å². The van der Waals surface area contributed by atoms with Gasteiger partial charge in [0.1, 0.15) is 6.10 Å². The summed E-state index contributed by atoms with van der Waals surface area (Å²) in [5.74, 6) is -0.193. The quantitative estimate of drug-likeness (QED) is 0.498. The molecular weight excluding hydrogens is 208 g/mol. The first kappa shape index (κ1) is 15.4. The van der Waals surface area contributed by atoms with Crippen molar-refractivity contribution in [1.82, 2.24) is 0 Å². The summed E-state index contributed by atoms with van der Waals surface area (Å²) < 4.78 is 15.9. The van der Waals surface area contributed by atoms with Crippen LogP contribution >= 0.6 is 0 Å². The number of ether oxygens (including phenoxy) is 3. The van der Waals surface area contributed by atoms with E-state index in [1.54, 1.807) is 6.92 Å². The van der Waals surface area contributed by atoms with Gasteiger partial charge < -0.3 is 14.2 Å². The van der Waals surface area contributed by atoms with Crippen LogP contribution in [0.4, 0.5) is 0 Å². The van der Waals surface area contributed by atoms with Crippen molar-refractivity contribution < 1.29 is 19.0 Å². The van der Waals surface area contributed by atoms with E-state index in [-0.39, 0.29) is 17.7 Å². The Morgan fingerprint density at radius 3 is 2.38 bits per heavy atom. The van der Waals surface area contributed by atoms with Gasteiger partial charge in [-0.2, -0.15) is 0 Å². The maximum absolute atomic E-state index is 10.9. The number of carbonyl (C=O) groups is 1. The fourth-order valence-corrected chi connectivity index (χ4v) is 0.998. The van der Waals surface area contributed by atoms with Crippen molar-refractivity contribution in [3.63, 3.8) is 0 Å². The second-order valence-corrected chi connectivity index (χ2v) is 4.69. The van der Waals surface area contributed by atoms with Crippen LogP contribution in [0.2, 0.25) is 0 Å². The molecule has 0 saturated heterocycles. The molecular formula is C12H24O4. The van der Waals surface area contributed by atoms with Crippen molar-refractivity contribution in [2.75, 3.05) is 19.8 Å². The minimum absolute atomic E-state index is 0.135. The van der Waals surface area contributed by atoms with Crippen LogP contribution in [0, 0.1) is 0 Å². The molecule has 0 rings (SSSR count). The van der Waals surface area contributed by atoms with Crippen molar-refractivity contribution in [3.05, 3.63) is 0 Å². The number of hydrogen-bond acceptors (Lipinski definition) is 4. The highest BCUT2D eigenvalue weighted by molar-refractivity contribution is 5.69. The van der Waals surface area contributed by atoms with E-state index in [1.807, 2.05) is 27.7 Å². The van der Waals surface area contributed by atoms with Crippen LogP contribution in [-0.4, -0.2) is 37.5 Å². The summed E-state index contributed by atoms with van der Waals surface area (Å²) in [4.78, 5) is 10.9. The van der Waals surface area contributed by atoms with Crippen molar-refractivity contribution >= 4 is 5.97 Å². The minimum atomic E-state index is -0.193. The normalized spacial score (nSPS) is 13.6. The fraction of sp³-hybridized carbons (Fsp3) is 0.917. The van der Waals surface area contributed by atoms with Crippen molar-refractivity contribution in [2.45, 2.75) is 52.7 Å². The molecule has 0 bridgehead atoms. The molecule has 4 heteroatoms. The molecule has 0 fully saturated rings. The fourth-order valence-electron chi connectivity index (χ4n) is 0.998. The number of esters is 1. The topological polar surface area (TPSA) is 44.8 Å². The molecule has 0 aliphatic carbocycles. The Kier molecular flexibility index (Phi) is 7.34. The van der Waals surface area contributed by atoms with Gasteiger partial charge in [-0.25, -0.2) is 0 Å². The molecule has 4 nitrogen and oxygen atoms in total. The first-order chi connectivity index (χ1) is 7.35. The largest absolute Gasteiger partial charge is 0.460 e. The van der Waals surface area contributed by atoms with Gasteiger partial charge >= 0.3 is 5.97 Å². The van der Waals surface area contributed by atoms with Gasteiger partial charge in [-0.3, -0.25) is 4.79 Å². The highest BCUT2D eigenvalue weighted by Gasteiger charge is 2.10. The third-order valence-electron chi connectivity index (χ3n) is 1.74. The first-order valence-electron chi connectivity index (χ1n) is 5.76. The van der Waals surface area contributed by atoms with E-state index in [2.05, 4.69) is 0 Å². The van der Waals surface area contributed by atoms with Crippen molar-refractivity contribution in [1.29, 1.82) is 0 Å². The summed E-state index contributed by atoms with van der Waals surface area (Å²) in [6.07, 6.45) is 0.208. The Morgan fingerprint density at radius 2 is 1.88 bits per heavy atom.